The minimum absolute atomic E-state index is 0.269. The highest BCUT2D eigenvalue weighted by atomic mass is 32.2. The molecule has 7 heteroatoms. The first-order valence-corrected chi connectivity index (χ1v) is 10.6. The number of rotatable bonds is 4. The Labute approximate surface area is 173 Å². The Morgan fingerprint density at radius 2 is 2.21 bits per heavy atom. The van der Waals surface area contributed by atoms with Gasteiger partial charge in [0, 0.05) is 28.6 Å². The van der Waals surface area contributed by atoms with Gasteiger partial charge in [-0.15, -0.1) is 0 Å². The van der Waals surface area contributed by atoms with Crippen molar-refractivity contribution < 1.29 is 4.79 Å². The van der Waals surface area contributed by atoms with Crippen molar-refractivity contribution in [3.63, 3.8) is 0 Å². The van der Waals surface area contributed by atoms with Gasteiger partial charge < -0.3 is 10.3 Å². The summed E-state index contributed by atoms with van der Waals surface area (Å²) in [5.41, 5.74) is 4.11. The number of allylic oxidation sites excluding steroid dienone is 1. The van der Waals surface area contributed by atoms with Gasteiger partial charge in [-0.05, 0) is 55.9 Å². The average Bonchev–Trinajstić information content (AvgIpc) is 3.17. The molecule has 1 amide bonds. The lowest BCUT2D eigenvalue weighted by Crippen LogP contribution is -2.42. The summed E-state index contributed by atoms with van der Waals surface area (Å²) in [6.07, 6.45) is 5.09. The minimum atomic E-state index is -0.955. The topological polar surface area (TPSA) is 94.5 Å². The number of hydrogen-bond acceptors (Lipinski definition) is 5. The number of nitrogens with zero attached hydrogens (tertiary/aromatic N) is 3. The fourth-order valence-corrected chi connectivity index (χ4v) is 4.05. The van der Waals surface area contributed by atoms with Gasteiger partial charge in [-0.2, -0.15) is 17.0 Å². The van der Waals surface area contributed by atoms with E-state index in [-0.39, 0.29) is 11.6 Å². The zero-order valence-corrected chi connectivity index (χ0v) is 17.1. The molecule has 0 bridgehead atoms. The second-order valence-electron chi connectivity index (χ2n) is 7.50. The Kier molecular flexibility index (Phi) is 5.12. The summed E-state index contributed by atoms with van der Waals surface area (Å²) in [5.74, 6) is 1.81. The van der Waals surface area contributed by atoms with Gasteiger partial charge in [0.1, 0.15) is 16.9 Å². The summed E-state index contributed by atoms with van der Waals surface area (Å²) in [4.78, 5) is 24.9. The Hall–Kier alpha value is -3.11. The van der Waals surface area contributed by atoms with Crippen molar-refractivity contribution in [2.45, 2.75) is 25.8 Å². The molecule has 146 valence electrons. The van der Waals surface area contributed by atoms with Crippen molar-refractivity contribution in [2.24, 2.45) is 0 Å². The predicted molar refractivity (Wildman–Crippen MR) is 116 cm³/mol. The van der Waals surface area contributed by atoms with Crippen LogP contribution in [0.3, 0.4) is 0 Å². The number of thioether (sulfide) groups is 1. The fraction of sp³-hybridized carbons (Fsp3) is 0.273. The van der Waals surface area contributed by atoms with Crippen LogP contribution in [-0.2, 0) is 0 Å². The van der Waals surface area contributed by atoms with Crippen molar-refractivity contribution in [1.82, 2.24) is 20.3 Å². The van der Waals surface area contributed by atoms with Gasteiger partial charge in [-0.1, -0.05) is 12.1 Å². The number of amides is 1. The summed E-state index contributed by atoms with van der Waals surface area (Å²) in [6, 6.07) is 11.5. The lowest BCUT2D eigenvalue weighted by molar-refractivity contribution is 0.0924. The van der Waals surface area contributed by atoms with Crippen molar-refractivity contribution in [3.8, 4) is 17.3 Å². The largest absolute Gasteiger partial charge is 0.339 e. The molecule has 0 aromatic carbocycles. The maximum Gasteiger partial charge on any atom is 0.271 e. The van der Waals surface area contributed by atoms with Crippen LogP contribution in [0.2, 0.25) is 0 Å². The highest BCUT2D eigenvalue weighted by Crippen LogP contribution is 2.29. The Balaban J connectivity index is 1.64. The van der Waals surface area contributed by atoms with Crippen LogP contribution in [0.5, 0.6) is 0 Å². The first kappa shape index (κ1) is 19.2. The SMILES string of the molecule is CC(C)(C#N)NC(=O)c1cccc(-c2cnc3[nH]c(C4=CCSCC4)cc3c2)n1. The number of pyridine rings is 2. The molecule has 0 spiro atoms. The molecule has 4 rings (SSSR count). The highest BCUT2D eigenvalue weighted by Gasteiger charge is 2.21. The van der Waals surface area contributed by atoms with Gasteiger partial charge in [0.05, 0.1) is 11.8 Å². The van der Waals surface area contributed by atoms with E-state index in [4.69, 9.17) is 5.26 Å². The number of aromatic amines is 1. The Bertz CT molecular complexity index is 1160. The molecule has 2 N–H and O–H groups in total. The number of hydrogen-bond donors (Lipinski definition) is 2. The molecule has 4 heterocycles. The third-order valence-electron chi connectivity index (χ3n) is 4.76. The standard InChI is InChI=1S/C22H21N5OS/c1-22(2,13-23)27-21(28)18-5-3-4-17(25-18)16-10-15-11-19(26-20(15)24-12-16)14-6-8-29-9-7-14/h3-6,10-12H,7-9H2,1-2H3,(H,24,26)(H,27,28). The number of carbonyl (C=O) groups excluding carboxylic acids is 1. The van der Waals surface area contributed by atoms with Crippen molar-refractivity contribution in [2.75, 3.05) is 11.5 Å². The minimum Gasteiger partial charge on any atom is -0.339 e. The van der Waals surface area contributed by atoms with Crippen molar-refractivity contribution in [3.05, 3.63) is 54.0 Å². The maximum atomic E-state index is 12.4. The van der Waals surface area contributed by atoms with Crippen molar-refractivity contribution in [1.29, 1.82) is 5.26 Å². The van der Waals surface area contributed by atoms with E-state index in [1.54, 1.807) is 32.2 Å². The van der Waals surface area contributed by atoms with Crippen LogP contribution in [-0.4, -0.2) is 37.9 Å². The van der Waals surface area contributed by atoms with Gasteiger partial charge in [-0.25, -0.2) is 9.97 Å². The zero-order valence-electron chi connectivity index (χ0n) is 16.3. The molecule has 1 aliphatic rings. The normalized spacial score (nSPS) is 14.3. The van der Waals surface area contributed by atoms with Gasteiger partial charge in [0.2, 0.25) is 0 Å². The summed E-state index contributed by atoms with van der Waals surface area (Å²) in [7, 11) is 0. The van der Waals surface area contributed by atoms with E-state index in [0.717, 1.165) is 40.2 Å². The Morgan fingerprint density at radius 1 is 1.34 bits per heavy atom. The van der Waals surface area contributed by atoms with Crippen LogP contribution in [0.4, 0.5) is 0 Å². The lowest BCUT2D eigenvalue weighted by atomic mass is 10.1. The molecule has 3 aromatic heterocycles. The van der Waals surface area contributed by atoms with Gasteiger partial charge >= 0.3 is 0 Å². The quantitative estimate of drug-likeness (QED) is 0.681. The molecule has 0 aliphatic carbocycles. The van der Waals surface area contributed by atoms with E-state index in [1.165, 1.54) is 5.57 Å². The van der Waals surface area contributed by atoms with E-state index in [0.29, 0.717) is 5.69 Å². The molecule has 0 unspecified atom stereocenters. The molecule has 3 aromatic rings. The molecule has 0 atom stereocenters. The summed E-state index contributed by atoms with van der Waals surface area (Å²) in [6.45, 7) is 3.30. The first-order chi connectivity index (χ1) is 13.9. The maximum absolute atomic E-state index is 12.4. The van der Waals surface area contributed by atoms with Gasteiger partial charge in [0.15, 0.2) is 0 Å². The molecule has 1 aliphatic heterocycles. The zero-order chi connectivity index (χ0) is 20.4. The average molecular weight is 404 g/mol. The number of carbonyl (C=O) groups is 1. The Morgan fingerprint density at radius 3 is 2.97 bits per heavy atom. The van der Waals surface area contributed by atoms with Crippen LogP contribution >= 0.6 is 11.8 Å². The van der Waals surface area contributed by atoms with Crippen LogP contribution in [0, 0.1) is 11.3 Å². The van der Waals surface area contributed by atoms with Crippen LogP contribution in [0.1, 0.15) is 36.5 Å². The molecule has 0 fully saturated rings. The molecule has 29 heavy (non-hydrogen) atoms. The van der Waals surface area contributed by atoms with E-state index < -0.39 is 5.54 Å². The lowest BCUT2D eigenvalue weighted by Gasteiger charge is -2.17. The molecule has 0 radical (unpaired) electrons. The molecule has 6 nitrogen and oxygen atoms in total. The van der Waals surface area contributed by atoms with Crippen LogP contribution in [0.25, 0.3) is 27.9 Å². The number of nitrogens with one attached hydrogen (secondary N) is 2. The van der Waals surface area contributed by atoms with Gasteiger partial charge in [0.25, 0.3) is 5.91 Å². The third kappa shape index (κ3) is 4.17. The van der Waals surface area contributed by atoms with Crippen molar-refractivity contribution >= 4 is 34.3 Å². The molecular weight excluding hydrogens is 382 g/mol. The van der Waals surface area contributed by atoms with E-state index in [1.807, 2.05) is 23.9 Å². The summed E-state index contributed by atoms with van der Waals surface area (Å²) < 4.78 is 0. The van der Waals surface area contributed by atoms with E-state index in [2.05, 4.69) is 38.5 Å². The van der Waals surface area contributed by atoms with Crippen LogP contribution < -0.4 is 5.32 Å². The van der Waals surface area contributed by atoms with Crippen LogP contribution in [0.15, 0.2) is 42.6 Å². The van der Waals surface area contributed by atoms with Gasteiger partial charge in [-0.3, -0.25) is 4.79 Å². The monoisotopic (exact) mass is 403 g/mol. The number of fused-ring (bicyclic) bond motifs is 1. The smallest absolute Gasteiger partial charge is 0.271 e. The number of nitriles is 1. The van der Waals surface area contributed by atoms with E-state index >= 15 is 0 Å². The highest BCUT2D eigenvalue weighted by molar-refractivity contribution is 7.99. The second-order valence-corrected chi connectivity index (χ2v) is 8.65. The van der Waals surface area contributed by atoms with E-state index in [9.17, 15) is 4.79 Å². The first-order valence-electron chi connectivity index (χ1n) is 9.42. The summed E-state index contributed by atoms with van der Waals surface area (Å²) in [5, 5.41) is 12.8. The number of H-pyrrole nitrogens is 1. The third-order valence-corrected chi connectivity index (χ3v) is 5.66. The fourth-order valence-electron chi connectivity index (χ4n) is 3.20. The molecular formula is C22H21N5OS. The molecule has 0 saturated carbocycles. The predicted octanol–water partition coefficient (Wildman–Crippen LogP) is 4.18. The number of aromatic nitrogens is 3. The second kappa shape index (κ2) is 7.72. The molecule has 0 saturated heterocycles. The summed E-state index contributed by atoms with van der Waals surface area (Å²) >= 11 is 1.94.